The first kappa shape index (κ1) is 18.6. The first-order chi connectivity index (χ1) is 12.1. The topological polar surface area (TPSA) is 26.3 Å². The highest BCUT2D eigenvalue weighted by Crippen LogP contribution is 2.46. The minimum atomic E-state index is -0.646. The Hall–Kier alpha value is -2.16. The van der Waals surface area contributed by atoms with E-state index in [1.54, 1.807) is 6.07 Å². The van der Waals surface area contributed by atoms with Gasteiger partial charge in [0.05, 0.1) is 12.7 Å². The first-order valence-corrected chi connectivity index (χ1v) is 9.15. The maximum Gasteiger partial charge on any atom is 0.340 e. The number of fused-ring (bicyclic) bond motifs is 1. The van der Waals surface area contributed by atoms with Crippen molar-refractivity contribution in [1.82, 2.24) is 0 Å². The van der Waals surface area contributed by atoms with Gasteiger partial charge in [0, 0.05) is 0 Å². The van der Waals surface area contributed by atoms with Crippen molar-refractivity contribution in [3.63, 3.8) is 0 Å². The number of carbonyl (C=O) groups excluding carboxylic acids is 1. The van der Waals surface area contributed by atoms with Crippen molar-refractivity contribution < 1.29 is 13.9 Å². The molecule has 2 aromatic carbocycles. The molecule has 3 rings (SSSR count). The van der Waals surface area contributed by atoms with Crippen molar-refractivity contribution in [2.75, 3.05) is 7.11 Å². The molecule has 0 bridgehead atoms. The predicted molar refractivity (Wildman–Crippen MR) is 102 cm³/mol. The highest BCUT2D eigenvalue weighted by atomic mass is 19.1. The number of ether oxygens (including phenoxy) is 1. The molecule has 0 heterocycles. The van der Waals surface area contributed by atoms with Gasteiger partial charge in [-0.2, -0.15) is 0 Å². The molecule has 26 heavy (non-hydrogen) atoms. The van der Waals surface area contributed by atoms with Crippen LogP contribution in [0.5, 0.6) is 0 Å². The summed E-state index contributed by atoms with van der Waals surface area (Å²) in [5, 5.41) is 0. The average molecular weight is 354 g/mol. The molecule has 0 N–H and O–H groups in total. The molecular weight excluding hydrogens is 327 g/mol. The highest BCUT2D eigenvalue weighted by Gasteiger charge is 2.36. The molecule has 0 aromatic heterocycles. The van der Waals surface area contributed by atoms with E-state index in [-0.39, 0.29) is 16.4 Å². The number of carbonyl (C=O) groups is 1. The van der Waals surface area contributed by atoms with E-state index < -0.39 is 11.8 Å². The Morgan fingerprint density at radius 1 is 0.962 bits per heavy atom. The number of esters is 1. The van der Waals surface area contributed by atoms with Crippen LogP contribution >= 0.6 is 0 Å². The smallest absolute Gasteiger partial charge is 0.340 e. The van der Waals surface area contributed by atoms with Gasteiger partial charge >= 0.3 is 5.97 Å². The number of halogens is 1. The van der Waals surface area contributed by atoms with E-state index >= 15 is 0 Å². The number of hydrogen-bond acceptors (Lipinski definition) is 2. The molecule has 2 nitrogen and oxygen atoms in total. The summed E-state index contributed by atoms with van der Waals surface area (Å²) in [6.45, 7) is 9.22. The molecule has 1 aliphatic rings. The van der Waals surface area contributed by atoms with E-state index in [9.17, 15) is 9.18 Å². The van der Waals surface area contributed by atoms with Gasteiger partial charge in [-0.1, -0.05) is 52.0 Å². The zero-order valence-corrected chi connectivity index (χ0v) is 16.3. The Morgan fingerprint density at radius 2 is 1.54 bits per heavy atom. The lowest BCUT2D eigenvalue weighted by Crippen LogP contribution is -2.33. The summed E-state index contributed by atoms with van der Waals surface area (Å²) in [6.07, 6.45) is 2.99. The van der Waals surface area contributed by atoms with Crippen molar-refractivity contribution in [2.45, 2.75) is 57.8 Å². The van der Waals surface area contributed by atoms with Gasteiger partial charge in [-0.15, -0.1) is 0 Å². The summed E-state index contributed by atoms with van der Waals surface area (Å²) in [6, 6.07) is 11.4. The van der Waals surface area contributed by atoms with Gasteiger partial charge in [0.25, 0.3) is 0 Å². The molecule has 0 amide bonds. The van der Waals surface area contributed by atoms with E-state index in [1.165, 1.54) is 48.8 Å². The fourth-order valence-electron chi connectivity index (χ4n) is 3.93. The Morgan fingerprint density at radius 3 is 2.15 bits per heavy atom. The van der Waals surface area contributed by atoms with Crippen LogP contribution in [0, 0.1) is 5.82 Å². The fourth-order valence-corrected chi connectivity index (χ4v) is 3.93. The first-order valence-electron chi connectivity index (χ1n) is 9.15. The zero-order chi connectivity index (χ0) is 19.1. The van der Waals surface area contributed by atoms with E-state index in [4.69, 9.17) is 0 Å². The van der Waals surface area contributed by atoms with Crippen molar-refractivity contribution >= 4 is 5.97 Å². The number of methoxy groups -OCH3 is 1. The molecule has 0 aliphatic heterocycles. The quantitative estimate of drug-likeness (QED) is 0.675. The van der Waals surface area contributed by atoms with E-state index in [2.05, 4.69) is 50.6 Å². The highest BCUT2D eigenvalue weighted by molar-refractivity contribution is 5.89. The summed E-state index contributed by atoms with van der Waals surface area (Å²) in [5.74, 6) is -1.18. The van der Waals surface area contributed by atoms with E-state index in [0.29, 0.717) is 6.42 Å². The summed E-state index contributed by atoms with van der Waals surface area (Å²) in [4.78, 5) is 11.5. The lowest BCUT2D eigenvalue weighted by atomic mass is 9.63. The zero-order valence-electron chi connectivity index (χ0n) is 16.3. The molecule has 0 saturated heterocycles. The largest absolute Gasteiger partial charge is 0.465 e. The van der Waals surface area contributed by atoms with Crippen LogP contribution in [0.1, 0.15) is 73.1 Å². The number of benzene rings is 2. The average Bonchev–Trinajstić information content (AvgIpc) is 2.58. The Bertz CT molecular complexity index is 849. The SMILES string of the molecule is COC(=O)c1ccc(Cc2ccc3c(c2)C(C)(C)CCC3(C)C)cc1F. The summed E-state index contributed by atoms with van der Waals surface area (Å²) in [5.41, 5.74) is 5.16. The van der Waals surface area contributed by atoms with Crippen LogP contribution in [0.2, 0.25) is 0 Å². The van der Waals surface area contributed by atoms with Crippen LogP contribution in [-0.4, -0.2) is 13.1 Å². The van der Waals surface area contributed by atoms with Gasteiger partial charge in [-0.05, 0) is 64.5 Å². The van der Waals surface area contributed by atoms with Crippen LogP contribution in [0.25, 0.3) is 0 Å². The van der Waals surface area contributed by atoms with Crippen molar-refractivity contribution in [1.29, 1.82) is 0 Å². The molecule has 0 radical (unpaired) electrons. The molecule has 138 valence electrons. The van der Waals surface area contributed by atoms with Crippen molar-refractivity contribution in [2.24, 2.45) is 0 Å². The monoisotopic (exact) mass is 354 g/mol. The van der Waals surface area contributed by atoms with Gasteiger partial charge in [0.15, 0.2) is 0 Å². The maximum atomic E-state index is 14.2. The summed E-state index contributed by atoms with van der Waals surface area (Å²) in [7, 11) is 1.26. The van der Waals surface area contributed by atoms with Crippen LogP contribution in [-0.2, 0) is 22.0 Å². The third-order valence-electron chi connectivity index (χ3n) is 5.76. The van der Waals surface area contributed by atoms with Crippen LogP contribution < -0.4 is 0 Å². The minimum absolute atomic E-state index is 0.0235. The molecule has 0 fully saturated rings. The molecule has 3 heteroatoms. The molecular formula is C23H27FO2. The van der Waals surface area contributed by atoms with Gasteiger partial charge in [0.1, 0.15) is 5.82 Å². The molecule has 0 atom stereocenters. The maximum absolute atomic E-state index is 14.2. The molecule has 0 spiro atoms. The Balaban J connectivity index is 1.93. The Kier molecular flexibility index (Phi) is 4.68. The van der Waals surface area contributed by atoms with Gasteiger partial charge < -0.3 is 4.74 Å². The van der Waals surface area contributed by atoms with Gasteiger partial charge in [0.2, 0.25) is 0 Å². The van der Waals surface area contributed by atoms with Crippen LogP contribution in [0.4, 0.5) is 4.39 Å². The predicted octanol–water partition coefficient (Wildman–Crippen LogP) is 5.55. The van der Waals surface area contributed by atoms with Gasteiger partial charge in [-0.3, -0.25) is 0 Å². The number of hydrogen-bond donors (Lipinski definition) is 0. The lowest BCUT2D eigenvalue weighted by molar-refractivity contribution is 0.0595. The number of rotatable bonds is 3. The van der Waals surface area contributed by atoms with Gasteiger partial charge in [-0.25, -0.2) is 9.18 Å². The van der Waals surface area contributed by atoms with Crippen LogP contribution in [0.15, 0.2) is 36.4 Å². The van der Waals surface area contributed by atoms with Crippen LogP contribution in [0.3, 0.4) is 0 Å². The minimum Gasteiger partial charge on any atom is -0.465 e. The fraction of sp³-hybridized carbons (Fsp3) is 0.435. The normalized spacial score (nSPS) is 17.5. The van der Waals surface area contributed by atoms with Crippen molar-refractivity contribution in [3.05, 3.63) is 70.0 Å². The van der Waals surface area contributed by atoms with Crippen molar-refractivity contribution in [3.8, 4) is 0 Å². The second kappa shape index (κ2) is 6.53. The summed E-state index contributed by atoms with van der Waals surface area (Å²) >= 11 is 0. The molecule has 0 unspecified atom stereocenters. The second-order valence-corrected chi connectivity index (χ2v) is 8.63. The third-order valence-corrected chi connectivity index (χ3v) is 5.76. The molecule has 1 aliphatic carbocycles. The summed E-state index contributed by atoms with van der Waals surface area (Å²) < 4.78 is 18.8. The third kappa shape index (κ3) is 3.40. The van der Waals surface area contributed by atoms with E-state index in [0.717, 1.165) is 5.56 Å². The Labute approximate surface area is 155 Å². The lowest BCUT2D eigenvalue weighted by Gasteiger charge is -2.42. The second-order valence-electron chi connectivity index (χ2n) is 8.63. The molecule has 2 aromatic rings. The standard InChI is InChI=1S/C23H27FO2/c1-22(2)10-11-23(3,4)19-13-15(7-9-18(19)22)12-16-6-8-17(20(24)14-16)21(25)26-5/h6-9,13-14H,10-12H2,1-5H3. The van der Waals surface area contributed by atoms with E-state index in [1.807, 2.05) is 0 Å². The molecule has 0 saturated carbocycles.